The number of rotatable bonds is 14. The SMILES string of the molecule is CS(=O)(=O)Nc1ccn(C(=O)N2CCN(Cc3cccc(-c4cncc(CS(=O)(=O)Nc5ccn(C(=O)N6CCN(Cc7ccc(C(F)(F)F)c(C8CCN(CC(=O)O)CC8)c7)CC6)n5)c4)c3)CC2)n1. The molecule has 0 aliphatic carbocycles. The monoisotopic (exact) mass is 1010 g/mol. The van der Waals surface area contributed by atoms with Crippen LogP contribution in [0.5, 0.6) is 0 Å². The summed E-state index contributed by atoms with van der Waals surface area (Å²) < 4.78 is 98.8. The molecule has 0 spiro atoms. The number of carbonyl (C=O) groups excluding carboxylic acids is 2. The van der Waals surface area contributed by atoms with Crippen molar-refractivity contribution in [1.82, 2.24) is 49.0 Å². The average Bonchev–Trinajstić information content (AvgIpc) is 3.97. The number of nitrogens with one attached hydrogen (secondary N) is 2. The lowest BCUT2D eigenvalue weighted by Gasteiger charge is -2.35. The number of alkyl halides is 3. The van der Waals surface area contributed by atoms with Crippen LogP contribution >= 0.6 is 0 Å². The van der Waals surface area contributed by atoms with Crippen molar-refractivity contribution >= 4 is 49.7 Å². The Hall–Kier alpha value is -6.41. The molecule has 3 aliphatic heterocycles. The maximum absolute atomic E-state index is 14.1. The van der Waals surface area contributed by atoms with Crippen molar-refractivity contribution in [1.29, 1.82) is 0 Å². The summed E-state index contributed by atoms with van der Waals surface area (Å²) in [5.41, 5.74) is 3.23. The Balaban J connectivity index is 0.807. The van der Waals surface area contributed by atoms with E-state index >= 15 is 0 Å². The van der Waals surface area contributed by atoms with Crippen LogP contribution in [-0.4, -0.2) is 167 Å². The summed E-state index contributed by atoms with van der Waals surface area (Å²) in [6.07, 6.45) is 3.21. The molecular formula is C45H53F3N12O8S2. The normalized spacial score (nSPS) is 17.1. The van der Waals surface area contributed by atoms with Gasteiger partial charge in [0.2, 0.25) is 20.0 Å². The predicted molar refractivity (Wildman–Crippen MR) is 252 cm³/mol. The van der Waals surface area contributed by atoms with Crippen LogP contribution in [0.15, 0.2) is 85.5 Å². The summed E-state index contributed by atoms with van der Waals surface area (Å²) in [6.45, 7) is 5.22. The third kappa shape index (κ3) is 13.1. The maximum Gasteiger partial charge on any atom is 0.416 e. The minimum Gasteiger partial charge on any atom is -0.480 e. The lowest BCUT2D eigenvalue weighted by Crippen LogP contribution is -2.49. The van der Waals surface area contributed by atoms with Gasteiger partial charge in [0.25, 0.3) is 0 Å². The van der Waals surface area contributed by atoms with E-state index in [4.69, 9.17) is 5.11 Å². The number of aliphatic carboxylic acids is 1. The fraction of sp³-hybridized carbons (Fsp3) is 0.422. The summed E-state index contributed by atoms with van der Waals surface area (Å²) in [7, 11) is -7.54. The van der Waals surface area contributed by atoms with Gasteiger partial charge in [0.15, 0.2) is 11.6 Å². The number of piperazine rings is 2. The number of nitrogens with zero attached hydrogens (tertiary/aromatic N) is 10. The highest BCUT2D eigenvalue weighted by molar-refractivity contribution is 7.92. The Morgan fingerprint density at radius 3 is 1.79 bits per heavy atom. The number of amides is 2. The smallest absolute Gasteiger partial charge is 0.416 e. The summed E-state index contributed by atoms with van der Waals surface area (Å²) >= 11 is 0. The number of likely N-dealkylation sites (tertiary alicyclic amines) is 1. The van der Waals surface area contributed by atoms with Crippen molar-refractivity contribution in [3.63, 3.8) is 0 Å². The lowest BCUT2D eigenvalue weighted by atomic mass is 9.85. The van der Waals surface area contributed by atoms with Crippen LogP contribution in [0.2, 0.25) is 0 Å². The van der Waals surface area contributed by atoms with Crippen LogP contribution in [0.4, 0.5) is 34.4 Å². The Kier molecular flexibility index (Phi) is 14.9. The average molecular weight is 1010 g/mol. The molecule has 6 heterocycles. The molecule has 0 bridgehead atoms. The summed E-state index contributed by atoms with van der Waals surface area (Å²) in [6, 6.07) is 15.8. The highest BCUT2D eigenvalue weighted by Gasteiger charge is 2.37. The van der Waals surface area contributed by atoms with Crippen LogP contribution in [0.1, 0.15) is 46.6 Å². The third-order valence-corrected chi connectivity index (χ3v) is 14.3. The summed E-state index contributed by atoms with van der Waals surface area (Å²) in [5.74, 6) is -1.73. The minimum atomic E-state index is -4.53. The molecule has 374 valence electrons. The topological polar surface area (TPSA) is 229 Å². The Labute approximate surface area is 402 Å². The van der Waals surface area contributed by atoms with Crippen LogP contribution < -0.4 is 9.44 Å². The van der Waals surface area contributed by atoms with Crippen LogP contribution in [0, 0.1) is 0 Å². The number of halogens is 3. The number of anilines is 2. The molecule has 2 aromatic carbocycles. The third-order valence-electron chi connectivity index (χ3n) is 12.4. The van der Waals surface area contributed by atoms with Gasteiger partial charge in [0.05, 0.1) is 24.1 Å². The predicted octanol–water partition coefficient (Wildman–Crippen LogP) is 4.31. The van der Waals surface area contributed by atoms with E-state index in [1.807, 2.05) is 24.3 Å². The zero-order valence-corrected chi connectivity index (χ0v) is 39.8. The summed E-state index contributed by atoms with van der Waals surface area (Å²) in [4.78, 5) is 51.1. The molecule has 0 unspecified atom stereocenters. The molecule has 0 saturated carbocycles. The first-order valence-electron chi connectivity index (χ1n) is 22.5. The van der Waals surface area contributed by atoms with Crippen molar-refractivity contribution in [3.05, 3.63) is 113 Å². The number of benzene rings is 2. The van der Waals surface area contributed by atoms with E-state index in [0.717, 1.165) is 32.8 Å². The number of hydrogen-bond acceptors (Lipinski definition) is 13. The van der Waals surface area contributed by atoms with Gasteiger partial charge in [0, 0.05) is 108 Å². The van der Waals surface area contributed by atoms with E-state index < -0.39 is 49.5 Å². The molecule has 70 heavy (non-hydrogen) atoms. The molecule has 5 aromatic rings. The van der Waals surface area contributed by atoms with E-state index in [-0.39, 0.29) is 35.7 Å². The molecule has 0 radical (unpaired) electrons. The molecular weight excluding hydrogens is 958 g/mol. The van der Waals surface area contributed by atoms with Gasteiger partial charge in [-0.25, -0.2) is 26.4 Å². The molecule has 0 atom stereocenters. The highest BCUT2D eigenvalue weighted by Crippen LogP contribution is 2.39. The lowest BCUT2D eigenvalue weighted by molar-refractivity contribution is -0.138. The molecule has 3 aromatic heterocycles. The number of carboxylic acids is 1. The Morgan fingerprint density at radius 1 is 0.671 bits per heavy atom. The van der Waals surface area contributed by atoms with Gasteiger partial charge in [-0.3, -0.25) is 33.9 Å². The van der Waals surface area contributed by atoms with Gasteiger partial charge in [-0.05, 0) is 77.9 Å². The van der Waals surface area contributed by atoms with Gasteiger partial charge in [-0.2, -0.15) is 22.5 Å². The van der Waals surface area contributed by atoms with Crippen molar-refractivity contribution in [2.24, 2.45) is 0 Å². The minimum absolute atomic E-state index is 0.0444. The molecule has 20 nitrogen and oxygen atoms in total. The Morgan fingerprint density at radius 2 is 1.23 bits per heavy atom. The second kappa shape index (κ2) is 20.9. The maximum atomic E-state index is 14.1. The van der Waals surface area contributed by atoms with E-state index in [2.05, 4.69) is 34.4 Å². The quantitative estimate of drug-likeness (QED) is 0.141. The zero-order valence-electron chi connectivity index (χ0n) is 38.2. The zero-order chi connectivity index (χ0) is 49.8. The van der Waals surface area contributed by atoms with E-state index in [0.29, 0.717) is 108 Å². The van der Waals surface area contributed by atoms with Crippen molar-refractivity contribution < 1.29 is 49.5 Å². The first-order chi connectivity index (χ1) is 33.2. The van der Waals surface area contributed by atoms with Crippen molar-refractivity contribution in [3.8, 4) is 11.1 Å². The largest absolute Gasteiger partial charge is 0.480 e. The van der Waals surface area contributed by atoms with Crippen LogP contribution in [-0.2, 0) is 49.9 Å². The molecule has 8 rings (SSSR count). The number of carboxylic acid groups (broad SMARTS) is 1. The van der Waals surface area contributed by atoms with E-state index in [1.54, 1.807) is 33.0 Å². The second-order valence-corrected chi connectivity index (χ2v) is 21.2. The molecule has 3 aliphatic rings. The number of pyridine rings is 1. The van der Waals surface area contributed by atoms with Crippen LogP contribution in [0.3, 0.4) is 0 Å². The number of hydrogen-bond donors (Lipinski definition) is 3. The molecule has 3 saturated heterocycles. The number of aromatic nitrogens is 5. The molecule has 25 heteroatoms. The van der Waals surface area contributed by atoms with Gasteiger partial charge < -0.3 is 14.9 Å². The van der Waals surface area contributed by atoms with Gasteiger partial charge in [-0.15, -0.1) is 10.2 Å². The van der Waals surface area contributed by atoms with Crippen LogP contribution in [0.25, 0.3) is 11.1 Å². The number of carbonyl (C=O) groups is 3. The number of piperidine rings is 1. The number of sulfonamides is 2. The van der Waals surface area contributed by atoms with E-state index in [1.165, 1.54) is 36.8 Å². The molecule has 3 fully saturated rings. The standard InChI is InChI=1S/C45H53F3N12O8S2/c1-69(65,66)52-40-9-13-59(50-40)43(63)57-19-15-55(16-20-57)28-32-3-2-4-36(23-32)37-24-34(26-49-27-37)31-70(67,68)53-41-10-14-60(51-41)44(64)58-21-17-56(18-22-58)29-33-5-6-39(45(46,47)48)38(25-33)35-7-11-54(12-8-35)30-42(61)62/h2-6,9-10,13-14,23-27,35H,7-8,11-12,15-22,28-31H2,1H3,(H,50,52)(H,51,53)(H,61,62). The highest BCUT2D eigenvalue weighted by atomic mass is 32.2. The van der Waals surface area contributed by atoms with Crippen molar-refractivity contribution in [2.45, 2.75) is 43.8 Å². The van der Waals surface area contributed by atoms with Gasteiger partial charge >= 0.3 is 24.2 Å². The first kappa shape index (κ1) is 50.0. The first-order valence-corrected chi connectivity index (χ1v) is 26.1. The fourth-order valence-corrected chi connectivity index (χ4v) is 10.6. The summed E-state index contributed by atoms with van der Waals surface area (Å²) in [5, 5.41) is 17.3. The molecule has 2 amide bonds. The molecule has 3 N–H and O–H groups in total. The van der Waals surface area contributed by atoms with Crippen molar-refractivity contribution in [2.75, 3.05) is 87.7 Å². The van der Waals surface area contributed by atoms with Gasteiger partial charge in [0.1, 0.15) is 0 Å². The second-order valence-electron chi connectivity index (χ2n) is 17.8. The fourth-order valence-electron chi connectivity index (χ4n) is 9.05. The Bertz CT molecular complexity index is 2930. The van der Waals surface area contributed by atoms with E-state index in [9.17, 15) is 44.4 Å². The van der Waals surface area contributed by atoms with Gasteiger partial charge in [-0.1, -0.05) is 30.3 Å².